The van der Waals surface area contributed by atoms with Gasteiger partial charge >= 0.3 is 6.03 Å². The summed E-state index contributed by atoms with van der Waals surface area (Å²) in [5.74, 6) is 1.47. The van der Waals surface area contributed by atoms with Crippen molar-refractivity contribution in [2.45, 2.75) is 19.8 Å². The van der Waals surface area contributed by atoms with Crippen LogP contribution < -0.4 is 14.4 Å². The van der Waals surface area contributed by atoms with Gasteiger partial charge in [0, 0.05) is 31.4 Å². The summed E-state index contributed by atoms with van der Waals surface area (Å²) in [7, 11) is 0. The Morgan fingerprint density at radius 2 is 2.05 bits per heavy atom. The molecule has 1 aromatic carbocycles. The molecule has 0 aliphatic carbocycles. The highest BCUT2D eigenvalue weighted by Gasteiger charge is 2.29. The van der Waals surface area contributed by atoms with Gasteiger partial charge in [0.2, 0.25) is 6.79 Å². The number of anilines is 1. The Kier molecular flexibility index (Phi) is 3.19. The smallest absolute Gasteiger partial charge is 0.324 e. The van der Waals surface area contributed by atoms with E-state index in [4.69, 9.17) is 9.47 Å². The first kappa shape index (κ1) is 12.1. The number of rotatable bonds is 4. The third-order valence-corrected chi connectivity index (χ3v) is 3.54. The van der Waals surface area contributed by atoms with Gasteiger partial charge in [0.25, 0.3) is 0 Å². The molecule has 0 aromatic heterocycles. The molecule has 2 heterocycles. The second kappa shape index (κ2) is 4.99. The summed E-state index contributed by atoms with van der Waals surface area (Å²) in [6, 6.07) is 5.74. The molecule has 2 aliphatic rings. The molecule has 1 saturated heterocycles. The lowest BCUT2D eigenvalue weighted by molar-refractivity contribution is 0.174. The molecule has 0 bridgehead atoms. The first-order valence-electron chi connectivity index (χ1n) is 6.75. The van der Waals surface area contributed by atoms with Crippen LogP contribution in [-0.2, 0) is 0 Å². The Labute approximate surface area is 112 Å². The Balaban J connectivity index is 1.74. The average molecular weight is 262 g/mol. The van der Waals surface area contributed by atoms with Crippen molar-refractivity contribution in [2.24, 2.45) is 0 Å². The monoisotopic (exact) mass is 262 g/mol. The van der Waals surface area contributed by atoms with Crippen molar-refractivity contribution in [1.82, 2.24) is 4.90 Å². The molecule has 5 heteroatoms. The van der Waals surface area contributed by atoms with Gasteiger partial charge in [0.05, 0.1) is 0 Å². The van der Waals surface area contributed by atoms with Gasteiger partial charge < -0.3 is 14.4 Å². The fraction of sp³-hybridized carbons (Fsp3) is 0.500. The number of unbranched alkanes of at least 4 members (excludes halogenated alkanes) is 1. The summed E-state index contributed by atoms with van der Waals surface area (Å²) >= 11 is 0. The molecule has 0 unspecified atom stereocenters. The van der Waals surface area contributed by atoms with Crippen LogP contribution in [0.4, 0.5) is 10.5 Å². The van der Waals surface area contributed by atoms with Crippen LogP contribution in [0.5, 0.6) is 11.5 Å². The Morgan fingerprint density at radius 1 is 1.21 bits per heavy atom. The van der Waals surface area contributed by atoms with Gasteiger partial charge in [-0.2, -0.15) is 0 Å². The molecule has 3 rings (SSSR count). The van der Waals surface area contributed by atoms with Crippen LogP contribution in [0.3, 0.4) is 0 Å². The zero-order chi connectivity index (χ0) is 13.2. The van der Waals surface area contributed by atoms with Crippen molar-refractivity contribution in [3.63, 3.8) is 0 Å². The van der Waals surface area contributed by atoms with Gasteiger partial charge in [0.1, 0.15) is 0 Å². The Hall–Kier alpha value is -1.91. The molecule has 19 heavy (non-hydrogen) atoms. The van der Waals surface area contributed by atoms with E-state index in [1.54, 1.807) is 4.90 Å². The summed E-state index contributed by atoms with van der Waals surface area (Å²) < 4.78 is 10.6. The molecule has 0 saturated carbocycles. The van der Waals surface area contributed by atoms with Crippen molar-refractivity contribution < 1.29 is 14.3 Å². The molecule has 1 fully saturated rings. The van der Waals surface area contributed by atoms with E-state index in [2.05, 4.69) is 6.92 Å². The zero-order valence-electron chi connectivity index (χ0n) is 11.1. The van der Waals surface area contributed by atoms with Gasteiger partial charge in [-0.15, -0.1) is 0 Å². The minimum atomic E-state index is 0.0901. The maximum absolute atomic E-state index is 12.3. The molecular formula is C14H18N2O3. The van der Waals surface area contributed by atoms with Crippen LogP contribution in [0.15, 0.2) is 18.2 Å². The van der Waals surface area contributed by atoms with E-state index in [0.717, 1.165) is 49.7 Å². The maximum atomic E-state index is 12.3. The number of ether oxygens (including phenoxy) is 2. The van der Waals surface area contributed by atoms with Crippen LogP contribution in [-0.4, -0.2) is 37.4 Å². The number of fused-ring (bicyclic) bond motifs is 1. The molecule has 0 radical (unpaired) electrons. The fourth-order valence-corrected chi connectivity index (χ4v) is 2.43. The van der Waals surface area contributed by atoms with Crippen LogP contribution >= 0.6 is 0 Å². The summed E-state index contributed by atoms with van der Waals surface area (Å²) in [4.78, 5) is 16.0. The van der Waals surface area contributed by atoms with E-state index in [1.807, 2.05) is 23.1 Å². The van der Waals surface area contributed by atoms with E-state index >= 15 is 0 Å². The predicted octanol–water partition coefficient (Wildman–Crippen LogP) is 2.46. The van der Waals surface area contributed by atoms with Crippen LogP contribution in [0.2, 0.25) is 0 Å². The highest BCUT2D eigenvalue weighted by Crippen LogP contribution is 2.36. The second-order valence-electron chi connectivity index (χ2n) is 4.81. The standard InChI is InChI=1S/C14H18N2O3/c1-2-3-6-15-7-8-16(14(15)17)11-4-5-12-13(9-11)19-10-18-12/h4-5,9H,2-3,6-8,10H2,1H3. The fourth-order valence-electron chi connectivity index (χ4n) is 2.43. The number of hydrogen-bond acceptors (Lipinski definition) is 3. The molecular weight excluding hydrogens is 244 g/mol. The number of carbonyl (C=O) groups excluding carboxylic acids is 1. The lowest BCUT2D eigenvalue weighted by Crippen LogP contribution is -2.32. The Bertz CT molecular complexity index is 490. The van der Waals surface area contributed by atoms with Crippen molar-refractivity contribution >= 4 is 11.7 Å². The number of urea groups is 1. The van der Waals surface area contributed by atoms with E-state index in [0.29, 0.717) is 0 Å². The van der Waals surface area contributed by atoms with Crippen molar-refractivity contribution in [2.75, 3.05) is 31.3 Å². The van der Waals surface area contributed by atoms with Gasteiger partial charge in [-0.1, -0.05) is 13.3 Å². The summed E-state index contributed by atoms with van der Waals surface area (Å²) in [6.07, 6.45) is 2.16. The van der Waals surface area contributed by atoms with Gasteiger partial charge in [-0.25, -0.2) is 4.79 Å². The van der Waals surface area contributed by atoms with Crippen molar-refractivity contribution in [1.29, 1.82) is 0 Å². The lowest BCUT2D eigenvalue weighted by atomic mass is 10.2. The molecule has 2 amide bonds. The number of hydrogen-bond donors (Lipinski definition) is 0. The van der Waals surface area contributed by atoms with Gasteiger partial charge in [-0.3, -0.25) is 4.90 Å². The molecule has 0 spiro atoms. The quantitative estimate of drug-likeness (QED) is 0.837. The molecule has 5 nitrogen and oxygen atoms in total. The zero-order valence-corrected chi connectivity index (χ0v) is 11.1. The molecule has 0 atom stereocenters. The third-order valence-electron chi connectivity index (χ3n) is 3.54. The van der Waals surface area contributed by atoms with Crippen LogP contribution in [0.25, 0.3) is 0 Å². The largest absolute Gasteiger partial charge is 0.454 e. The summed E-state index contributed by atoms with van der Waals surface area (Å²) in [5.41, 5.74) is 0.883. The van der Waals surface area contributed by atoms with Crippen LogP contribution in [0.1, 0.15) is 19.8 Å². The minimum absolute atomic E-state index is 0.0901. The van der Waals surface area contributed by atoms with E-state index in [1.165, 1.54) is 0 Å². The van der Waals surface area contributed by atoms with E-state index < -0.39 is 0 Å². The topological polar surface area (TPSA) is 42.0 Å². The number of amides is 2. The third kappa shape index (κ3) is 2.20. The summed E-state index contributed by atoms with van der Waals surface area (Å²) in [6.45, 7) is 4.78. The minimum Gasteiger partial charge on any atom is -0.454 e. The number of benzene rings is 1. The summed E-state index contributed by atoms with van der Waals surface area (Å²) in [5, 5.41) is 0. The average Bonchev–Trinajstić information content (AvgIpc) is 3.02. The predicted molar refractivity (Wildman–Crippen MR) is 71.8 cm³/mol. The normalized spacial score (nSPS) is 17.4. The van der Waals surface area contributed by atoms with Crippen LogP contribution in [0, 0.1) is 0 Å². The number of nitrogens with zero attached hydrogens (tertiary/aromatic N) is 2. The maximum Gasteiger partial charge on any atom is 0.324 e. The van der Waals surface area contributed by atoms with Gasteiger partial charge in [-0.05, 0) is 18.6 Å². The first-order chi connectivity index (χ1) is 9.29. The first-order valence-corrected chi connectivity index (χ1v) is 6.75. The highest BCUT2D eigenvalue weighted by molar-refractivity contribution is 5.94. The highest BCUT2D eigenvalue weighted by atomic mass is 16.7. The second-order valence-corrected chi connectivity index (χ2v) is 4.81. The molecule has 102 valence electrons. The van der Waals surface area contributed by atoms with Gasteiger partial charge in [0.15, 0.2) is 11.5 Å². The number of carbonyl (C=O) groups is 1. The van der Waals surface area contributed by atoms with E-state index in [-0.39, 0.29) is 12.8 Å². The molecule has 0 N–H and O–H groups in total. The molecule has 1 aromatic rings. The SMILES string of the molecule is CCCCN1CCN(c2ccc3c(c2)OCO3)C1=O. The van der Waals surface area contributed by atoms with Crippen molar-refractivity contribution in [3.8, 4) is 11.5 Å². The van der Waals surface area contributed by atoms with E-state index in [9.17, 15) is 4.79 Å². The lowest BCUT2D eigenvalue weighted by Gasteiger charge is -2.18. The van der Waals surface area contributed by atoms with Crippen molar-refractivity contribution in [3.05, 3.63) is 18.2 Å². The molecule has 2 aliphatic heterocycles. The Morgan fingerprint density at radius 3 is 2.89 bits per heavy atom.